The molecule has 0 aromatic carbocycles. The van der Waals surface area contributed by atoms with Crippen LogP contribution >= 0.6 is 0 Å². The molecule has 1 saturated carbocycles. The zero-order valence-corrected chi connectivity index (χ0v) is 20.4. The van der Waals surface area contributed by atoms with E-state index in [0.29, 0.717) is 11.9 Å². The van der Waals surface area contributed by atoms with Gasteiger partial charge in [-0.05, 0) is 37.3 Å². The highest BCUT2D eigenvalue weighted by molar-refractivity contribution is 5.93. The maximum absolute atomic E-state index is 12.7. The molecule has 4 rings (SSSR count). The fraction of sp³-hybridized carbons (Fsp3) is 0.640. The van der Waals surface area contributed by atoms with Gasteiger partial charge in [0.05, 0.1) is 12.3 Å². The van der Waals surface area contributed by atoms with E-state index in [-0.39, 0.29) is 29.8 Å². The molecule has 2 aromatic heterocycles. The van der Waals surface area contributed by atoms with Gasteiger partial charge in [0.2, 0.25) is 11.5 Å². The Morgan fingerprint density at radius 1 is 1.33 bits per heavy atom. The van der Waals surface area contributed by atoms with Crippen LogP contribution in [0.25, 0.3) is 5.52 Å². The van der Waals surface area contributed by atoms with Crippen molar-refractivity contribution in [2.24, 2.45) is 5.92 Å². The van der Waals surface area contributed by atoms with Crippen molar-refractivity contribution in [2.45, 2.75) is 88.6 Å². The van der Waals surface area contributed by atoms with E-state index in [2.05, 4.69) is 15.4 Å². The number of anilines is 1. The highest BCUT2D eigenvalue weighted by atomic mass is 16.6. The van der Waals surface area contributed by atoms with Crippen LogP contribution in [0.3, 0.4) is 0 Å². The van der Waals surface area contributed by atoms with Crippen molar-refractivity contribution in [2.75, 3.05) is 11.9 Å². The summed E-state index contributed by atoms with van der Waals surface area (Å²) in [6, 6.07) is 5.16. The summed E-state index contributed by atoms with van der Waals surface area (Å²) in [7, 11) is 0. The summed E-state index contributed by atoms with van der Waals surface area (Å²) in [6.45, 7) is 1.43. The predicted molar refractivity (Wildman–Crippen MR) is 127 cm³/mol. The molecule has 1 saturated heterocycles. The number of aliphatic hydroxyl groups excluding tert-OH is 2. The van der Waals surface area contributed by atoms with Gasteiger partial charge in [-0.25, -0.2) is 9.50 Å². The van der Waals surface area contributed by atoms with Crippen molar-refractivity contribution in [1.29, 1.82) is 5.26 Å². The van der Waals surface area contributed by atoms with Crippen LogP contribution in [0.15, 0.2) is 18.5 Å². The summed E-state index contributed by atoms with van der Waals surface area (Å²) in [5, 5.41) is 38.3. The monoisotopic (exact) mass is 499 g/mol. The van der Waals surface area contributed by atoms with Crippen LogP contribution in [0.2, 0.25) is 0 Å². The Bertz CT molecular complexity index is 1120. The lowest BCUT2D eigenvalue weighted by Gasteiger charge is -2.25. The number of hydrogen-bond acceptors (Lipinski definition) is 9. The van der Waals surface area contributed by atoms with Gasteiger partial charge in [-0.1, -0.05) is 32.6 Å². The van der Waals surface area contributed by atoms with Gasteiger partial charge >= 0.3 is 5.97 Å². The first-order valence-corrected chi connectivity index (χ1v) is 12.6. The highest BCUT2D eigenvalue weighted by Gasteiger charge is 2.59. The smallest absolute Gasteiger partial charge is 0.306 e. The minimum atomic E-state index is -1.96. The Morgan fingerprint density at radius 3 is 2.81 bits per heavy atom. The predicted octanol–water partition coefficient (Wildman–Crippen LogP) is 2.21. The third-order valence-electron chi connectivity index (χ3n) is 7.07. The van der Waals surface area contributed by atoms with Gasteiger partial charge in [0, 0.05) is 12.8 Å². The normalized spacial score (nSPS) is 26.6. The van der Waals surface area contributed by atoms with E-state index in [1.54, 1.807) is 12.1 Å². The number of nitriles is 1. The summed E-state index contributed by atoms with van der Waals surface area (Å²) in [6.07, 6.45) is 4.73. The number of esters is 1. The molecule has 194 valence electrons. The number of ether oxygens (including phenoxy) is 2. The molecule has 1 aliphatic carbocycles. The number of carbonyl (C=O) groups excluding carboxylic acids is 2. The SMILES string of the molecule is CCCCC(=O)Nc1ncnn2c([C@]3(C#N)O[C@H](CO)[C@@H](OC(=O)CC4CCCCC4)[C@H]3O)ccc12. The molecule has 2 aliphatic rings. The molecule has 0 unspecified atom stereocenters. The van der Waals surface area contributed by atoms with E-state index in [4.69, 9.17) is 9.47 Å². The fourth-order valence-electron chi connectivity index (χ4n) is 5.12. The van der Waals surface area contributed by atoms with E-state index in [0.717, 1.165) is 44.9 Å². The summed E-state index contributed by atoms with van der Waals surface area (Å²) >= 11 is 0. The first-order valence-electron chi connectivity index (χ1n) is 12.6. The maximum atomic E-state index is 12.7. The van der Waals surface area contributed by atoms with Gasteiger partial charge in [0.15, 0.2) is 11.9 Å². The molecule has 4 atom stereocenters. The van der Waals surface area contributed by atoms with Crippen LogP contribution in [0.1, 0.15) is 70.4 Å². The summed E-state index contributed by atoms with van der Waals surface area (Å²) in [4.78, 5) is 29.1. The molecule has 3 N–H and O–H groups in total. The lowest BCUT2D eigenvalue weighted by atomic mass is 9.87. The van der Waals surface area contributed by atoms with Crippen molar-refractivity contribution >= 4 is 23.2 Å². The van der Waals surface area contributed by atoms with Gasteiger partial charge in [0.1, 0.15) is 30.1 Å². The minimum Gasteiger partial charge on any atom is -0.457 e. The Kier molecular flexibility index (Phi) is 8.18. The van der Waals surface area contributed by atoms with Crippen molar-refractivity contribution < 1.29 is 29.3 Å². The molecule has 36 heavy (non-hydrogen) atoms. The molecule has 0 radical (unpaired) electrons. The van der Waals surface area contributed by atoms with Gasteiger partial charge in [-0.15, -0.1) is 0 Å². The van der Waals surface area contributed by atoms with Crippen LogP contribution in [-0.4, -0.2) is 61.6 Å². The van der Waals surface area contributed by atoms with Gasteiger partial charge < -0.3 is 25.0 Å². The van der Waals surface area contributed by atoms with E-state index in [1.807, 2.05) is 13.0 Å². The number of aliphatic hydroxyl groups is 2. The first kappa shape index (κ1) is 26.0. The van der Waals surface area contributed by atoms with Crippen LogP contribution in [0.5, 0.6) is 0 Å². The molecule has 2 fully saturated rings. The molecular weight excluding hydrogens is 466 g/mol. The Balaban J connectivity index is 1.58. The standard InChI is InChI=1S/C25H33N5O6/c1-2-3-9-20(32)29-24-17-10-11-19(30(17)28-15-27-24)25(14-26)23(34)22(18(13-31)36-25)35-21(33)12-16-7-5-4-6-8-16/h10-11,15-16,18,22-23,31,34H,2-9,12-13H2,1H3,(H,27,28,29,32)/t18-,22-,23-,25+/m1/s1. The number of nitrogens with zero attached hydrogens (tertiary/aromatic N) is 4. The number of fused-ring (bicyclic) bond motifs is 1. The Labute approximate surface area is 209 Å². The number of aromatic nitrogens is 3. The van der Waals surface area contributed by atoms with Gasteiger partial charge in [-0.3, -0.25) is 9.59 Å². The second-order valence-corrected chi connectivity index (χ2v) is 9.57. The molecule has 1 amide bonds. The maximum Gasteiger partial charge on any atom is 0.306 e. The van der Waals surface area contributed by atoms with Gasteiger partial charge in [-0.2, -0.15) is 10.4 Å². The highest BCUT2D eigenvalue weighted by Crippen LogP contribution is 2.42. The first-order chi connectivity index (χ1) is 17.4. The second-order valence-electron chi connectivity index (χ2n) is 9.57. The van der Waals surface area contributed by atoms with E-state index < -0.39 is 36.5 Å². The van der Waals surface area contributed by atoms with Crippen LogP contribution in [0, 0.1) is 17.2 Å². The number of amides is 1. The molecule has 11 heteroatoms. The van der Waals surface area contributed by atoms with Crippen molar-refractivity contribution in [3.8, 4) is 6.07 Å². The van der Waals surface area contributed by atoms with Crippen LogP contribution in [-0.2, 0) is 24.7 Å². The third kappa shape index (κ3) is 5.07. The number of unbranched alkanes of at least 4 members (excludes halogenated alkanes) is 1. The van der Waals surface area contributed by atoms with E-state index in [9.17, 15) is 25.1 Å². The quantitative estimate of drug-likeness (QED) is 0.440. The summed E-state index contributed by atoms with van der Waals surface area (Å²) in [5.74, 6) is -0.192. The average molecular weight is 500 g/mol. The largest absolute Gasteiger partial charge is 0.457 e. The number of rotatable bonds is 9. The Hall–Kier alpha value is -3.07. The zero-order chi connectivity index (χ0) is 25.7. The minimum absolute atomic E-state index is 0.170. The summed E-state index contributed by atoms with van der Waals surface area (Å²) < 4.78 is 12.8. The molecule has 3 heterocycles. The second kappa shape index (κ2) is 11.3. The number of carbonyl (C=O) groups is 2. The summed E-state index contributed by atoms with van der Waals surface area (Å²) in [5.41, 5.74) is -1.39. The lowest BCUT2D eigenvalue weighted by molar-refractivity contribution is -0.158. The van der Waals surface area contributed by atoms with E-state index in [1.165, 1.54) is 10.8 Å². The van der Waals surface area contributed by atoms with E-state index >= 15 is 0 Å². The third-order valence-corrected chi connectivity index (χ3v) is 7.07. The van der Waals surface area contributed by atoms with Crippen LogP contribution in [0.4, 0.5) is 5.82 Å². The fourth-order valence-corrected chi connectivity index (χ4v) is 5.12. The molecule has 0 spiro atoms. The number of nitrogens with one attached hydrogen (secondary N) is 1. The Morgan fingerprint density at radius 2 is 2.11 bits per heavy atom. The van der Waals surface area contributed by atoms with Crippen molar-refractivity contribution in [3.05, 3.63) is 24.2 Å². The van der Waals surface area contributed by atoms with Crippen LogP contribution < -0.4 is 5.32 Å². The molecular formula is C25H33N5O6. The zero-order valence-electron chi connectivity index (χ0n) is 20.4. The molecule has 2 aromatic rings. The average Bonchev–Trinajstić information content (AvgIpc) is 3.44. The number of hydrogen-bond donors (Lipinski definition) is 3. The molecule has 11 nitrogen and oxygen atoms in total. The lowest BCUT2D eigenvalue weighted by Crippen LogP contribution is -2.43. The topological polar surface area (TPSA) is 159 Å². The molecule has 1 aliphatic heterocycles. The van der Waals surface area contributed by atoms with Gasteiger partial charge in [0.25, 0.3) is 0 Å². The van der Waals surface area contributed by atoms with Crippen molar-refractivity contribution in [1.82, 2.24) is 14.6 Å². The molecule has 0 bridgehead atoms. The van der Waals surface area contributed by atoms with Crippen molar-refractivity contribution in [3.63, 3.8) is 0 Å².